The molecule has 0 amide bonds. The lowest BCUT2D eigenvalue weighted by molar-refractivity contribution is 0.0697. The molecule has 0 bridgehead atoms. The van der Waals surface area contributed by atoms with Crippen LogP contribution in [-0.2, 0) is 10.0 Å². The molecule has 0 aromatic carbocycles. The summed E-state index contributed by atoms with van der Waals surface area (Å²) in [6.45, 7) is 0. The molecule has 0 saturated carbocycles. The molecule has 0 aliphatic rings. The van der Waals surface area contributed by atoms with Crippen molar-refractivity contribution in [1.29, 1.82) is 0 Å². The largest absolute Gasteiger partial charge is 0.478 e. The van der Waals surface area contributed by atoms with E-state index in [1.54, 1.807) is 0 Å². The monoisotopic (exact) mass is 301 g/mol. The SMILES string of the molecule is O=C(O)c1csc(S(=O)(=O)Nc2ccc(=O)[nH]n2)c1. The van der Waals surface area contributed by atoms with Crippen molar-refractivity contribution in [3.8, 4) is 0 Å². The summed E-state index contributed by atoms with van der Waals surface area (Å²) in [4.78, 5) is 21.5. The molecule has 0 radical (unpaired) electrons. The summed E-state index contributed by atoms with van der Waals surface area (Å²) in [5, 5.41) is 15.5. The first-order chi connectivity index (χ1) is 8.88. The van der Waals surface area contributed by atoms with Gasteiger partial charge in [-0.05, 0) is 12.1 Å². The van der Waals surface area contributed by atoms with Gasteiger partial charge in [0.2, 0.25) is 0 Å². The Morgan fingerprint density at radius 3 is 2.68 bits per heavy atom. The van der Waals surface area contributed by atoms with Gasteiger partial charge in [-0.15, -0.1) is 11.3 Å². The molecule has 0 saturated heterocycles. The highest BCUT2D eigenvalue weighted by atomic mass is 32.2. The lowest BCUT2D eigenvalue weighted by Crippen LogP contribution is -2.15. The summed E-state index contributed by atoms with van der Waals surface area (Å²) >= 11 is 0.776. The average molecular weight is 301 g/mol. The standard InChI is InChI=1S/C9H7N3O5S2/c13-7-2-1-6(10-11-7)12-19(16,17)8-3-5(4-18-8)9(14)15/h1-4H,(H,10,12)(H,11,13)(H,14,15). The maximum atomic E-state index is 11.9. The van der Waals surface area contributed by atoms with Gasteiger partial charge in [0.1, 0.15) is 4.21 Å². The number of nitrogens with one attached hydrogen (secondary N) is 2. The van der Waals surface area contributed by atoms with Gasteiger partial charge in [0, 0.05) is 11.4 Å². The highest BCUT2D eigenvalue weighted by molar-refractivity contribution is 7.94. The first-order valence-corrected chi connectivity index (χ1v) is 7.15. The van der Waals surface area contributed by atoms with Crippen molar-refractivity contribution in [3.05, 3.63) is 39.5 Å². The Hall–Kier alpha value is -2.20. The zero-order valence-electron chi connectivity index (χ0n) is 9.15. The number of carbonyl (C=O) groups is 1. The molecule has 19 heavy (non-hydrogen) atoms. The molecule has 100 valence electrons. The van der Waals surface area contributed by atoms with E-state index in [2.05, 4.69) is 14.9 Å². The minimum Gasteiger partial charge on any atom is -0.478 e. The number of H-pyrrole nitrogens is 1. The van der Waals surface area contributed by atoms with Crippen LogP contribution in [0, 0.1) is 0 Å². The molecule has 10 heteroatoms. The van der Waals surface area contributed by atoms with Crippen LogP contribution >= 0.6 is 11.3 Å². The van der Waals surface area contributed by atoms with Crippen molar-refractivity contribution in [2.75, 3.05) is 4.72 Å². The molecule has 2 aromatic heterocycles. The van der Waals surface area contributed by atoms with Crippen LogP contribution in [0.1, 0.15) is 10.4 Å². The molecule has 0 fully saturated rings. The maximum Gasteiger partial charge on any atom is 0.336 e. The lowest BCUT2D eigenvalue weighted by Gasteiger charge is -2.03. The number of anilines is 1. The van der Waals surface area contributed by atoms with Gasteiger partial charge in [0.05, 0.1) is 5.56 Å². The van der Waals surface area contributed by atoms with E-state index in [0.29, 0.717) is 0 Å². The molecule has 0 spiro atoms. The number of thiophene rings is 1. The zero-order valence-corrected chi connectivity index (χ0v) is 10.8. The number of aromatic carboxylic acids is 1. The van der Waals surface area contributed by atoms with Crippen molar-refractivity contribution in [2.45, 2.75) is 4.21 Å². The van der Waals surface area contributed by atoms with Crippen molar-refractivity contribution >= 4 is 33.1 Å². The molecule has 0 aliphatic carbocycles. The van der Waals surface area contributed by atoms with Crippen LogP contribution in [0.5, 0.6) is 0 Å². The number of hydrogen-bond donors (Lipinski definition) is 3. The van der Waals surface area contributed by atoms with E-state index >= 15 is 0 Å². The van der Waals surface area contributed by atoms with E-state index in [4.69, 9.17) is 5.11 Å². The third-order valence-corrected chi connectivity index (χ3v) is 4.80. The number of carboxylic acids is 1. The van der Waals surface area contributed by atoms with Gasteiger partial charge >= 0.3 is 5.97 Å². The van der Waals surface area contributed by atoms with Gasteiger partial charge in [-0.2, -0.15) is 5.10 Å². The average Bonchev–Trinajstić information content (AvgIpc) is 2.82. The normalized spacial score (nSPS) is 11.2. The number of hydrogen-bond acceptors (Lipinski definition) is 6. The molecular weight excluding hydrogens is 294 g/mol. The summed E-state index contributed by atoms with van der Waals surface area (Å²) in [5.74, 6) is -1.27. The molecule has 0 atom stereocenters. The number of aromatic amines is 1. The van der Waals surface area contributed by atoms with Crippen molar-refractivity contribution in [1.82, 2.24) is 10.2 Å². The second-order valence-electron chi connectivity index (χ2n) is 3.37. The van der Waals surface area contributed by atoms with Crippen molar-refractivity contribution in [2.24, 2.45) is 0 Å². The molecule has 2 aromatic rings. The summed E-state index contributed by atoms with van der Waals surface area (Å²) in [7, 11) is -3.92. The van der Waals surface area contributed by atoms with Crippen LogP contribution in [0.2, 0.25) is 0 Å². The number of nitrogens with zero attached hydrogens (tertiary/aromatic N) is 1. The van der Waals surface area contributed by atoms with E-state index < -0.39 is 21.6 Å². The maximum absolute atomic E-state index is 11.9. The Morgan fingerprint density at radius 1 is 1.42 bits per heavy atom. The highest BCUT2D eigenvalue weighted by Crippen LogP contribution is 2.22. The molecule has 2 rings (SSSR count). The Kier molecular flexibility index (Phi) is 3.36. The van der Waals surface area contributed by atoms with Crippen LogP contribution in [-0.4, -0.2) is 29.7 Å². The molecule has 8 nitrogen and oxygen atoms in total. The van der Waals surface area contributed by atoms with Gasteiger partial charge in [0.15, 0.2) is 5.82 Å². The third kappa shape index (κ3) is 2.98. The zero-order chi connectivity index (χ0) is 14.0. The lowest BCUT2D eigenvalue weighted by atomic mass is 10.4. The Bertz CT molecular complexity index is 757. The van der Waals surface area contributed by atoms with E-state index in [0.717, 1.165) is 23.5 Å². The molecule has 3 N–H and O–H groups in total. The van der Waals surface area contributed by atoms with Crippen LogP contribution in [0.25, 0.3) is 0 Å². The summed E-state index contributed by atoms with van der Waals surface area (Å²) in [6.07, 6.45) is 0. The highest BCUT2D eigenvalue weighted by Gasteiger charge is 2.19. The Labute approximate surface area is 110 Å². The summed E-state index contributed by atoms with van der Waals surface area (Å²) in [5.41, 5.74) is -0.577. The van der Waals surface area contributed by atoms with Crippen molar-refractivity contribution < 1.29 is 18.3 Å². The number of aromatic nitrogens is 2. The fourth-order valence-corrected chi connectivity index (χ4v) is 3.31. The van der Waals surface area contributed by atoms with Gasteiger partial charge in [-0.1, -0.05) is 0 Å². The molecule has 2 heterocycles. The molecule has 0 unspecified atom stereocenters. The van der Waals surface area contributed by atoms with Crippen LogP contribution in [0.15, 0.2) is 32.6 Å². The van der Waals surface area contributed by atoms with Gasteiger partial charge in [0.25, 0.3) is 15.6 Å². The third-order valence-electron chi connectivity index (χ3n) is 2.01. The summed E-state index contributed by atoms with van der Waals surface area (Å²) < 4.78 is 25.8. The Morgan fingerprint density at radius 2 is 2.16 bits per heavy atom. The minimum atomic E-state index is -3.92. The quantitative estimate of drug-likeness (QED) is 0.746. The van der Waals surface area contributed by atoms with Gasteiger partial charge < -0.3 is 5.11 Å². The van der Waals surface area contributed by atoms with Crippen LogP contribution in [0.4, 0.5) is 5.82 Å². The van der Waals surface area contributed by atoms with E-state index in [1.165, 1.54) is 11.4 Å². The van der Waals surface area contributed by atoms with E-state index in [9.17, 15) is 18.0 Å². The predicted molar refractivity (Wildman–Crippen MR) is 66.9 cm³/mol. The minimum absolute atomic E-state index is 0.0649. The Balaban J connectivity index is 2.29. The first kappa shape index (κ1) is 13.2. The molecule has 0 aliphatic heterocycles. The smallest absolute Gasteiger partial charge is 0.336 e. The van der Waals surface area contributed by atoms with Crippen LogP contribution < -0.4 is 10.3 Å². The topological polar surface area (TPSA) is 129 Å². The van der Waals surface area contributed by atoms with E-state index in [1.807, 2.05) is 0 Å². The van der Waals surface area contributed by atoms with Crippen LogP contribution in [0.3, 0.4) is 0 Å². The van der Waals surface area contributed by atoms with E-state index in [-0.39, 0.29) is 15.6 Å². The summed E-state index contributed by atoms with van der Waals surface area (Å²) in [6, 6.07) is 3.35. The van der Waals surface area contributed by atoms with Crippen molar-refractivity contribution in [3.63, 3.8) is 0 Å². The van der Waals surface area contributed by atoms with Gasteiger partial charge in [-0.3, -0.25) is 9.52 Å². The number of sulfonamides is 1. The second-order valence-corrected chi connectivity index (χ2v) is 6.19. The number of carboxylic acid groups (broad SMARTS) is 1. The predicted octanol–water partition coefficient (Wildman–Crippen LogP) is 0.330. The fourth-order valence-electron chi connectivity index (χ4n) is 1.16. The number of rotatable bonds is 4. The van der Waals surface area contributed by atoms with Gasteiger partial charge in [-0.25, -0.2) is 18.3 Å². The fraction of sp³-hybridized carbons (Fsp3) is 0. The molecular formula is C9H7N3O5S2. The first-order valence-electron chi connectivity index (χ1n) is 4.79. The second kappa shape index (κ2) is 4.82.